The average Bonchev–Trinajstić information content (AvgIpc) is 2.26. The minimum atomic E-state index is -0.164. The predicted octanol–water partition coefficient (Wildman–Crippen LogP) is 2.09. The minimum absolute atomic E-state index is 0.0159. The van der Waals surface area contributed by atoms with Gasteiger partial charge in [-0.3, -0.25) is 4.79 Å². The van der Waals surface area contributed by atoms with Crippen molar-refractivity contribution in [2.45, 2.75) is 18.3 Å². The molecule has 0 bridgehead atoms. The number of benzene rings is 1. The van der Waals surface area contributed by atoms with Crippen molar-refractivity contribution in [2.75, 3.05) is 7.11 Å². The van der Waals surface area contributed by atoms with Crippen molar-refractivity contribution in [2.24, 2.45) is 0 Å². The molecular formula is C11H14BrNO2. The van der Waals surface area contributed by atoms with E-state index in [2.05, 4.69) is 21.2 Å². The van der Waals surface area contributed by atoms with E-state index in [4.69, 9.17) is 4.74 Å². The summed E-state index contributed by atoms with van der Waals surface area (Å²) in [6, 6.07) is 7.62. The third kappa shape index (κ3) is 3.91. The predicted molar refractivity (Wildman–Crippen MR) is 63.2 cm³/mol. The van der Waals surface area contributed by atoms with E-state index in [9.17, 15) is 4.79 Å². The Labute approximate surface area is 97.9 Å². The lowest BCUT2D eigenvalue weighted by atomic mass is 10.2. The van der Waals surface area contributed by atoms with Gasteiger partial charge in [-0.1, -0.05) is 28.1 Å². The smallest absolute Gasteiger partial charge is 0.233 e. The summed E-state index contributed by atoms with van der Waals surface area (Å²) in [7, 11) is 1.62. The maximum absolute atomic E-state index is 11.3. The number of rotatable bonds is 4. The van der Waals surface area contributed by atoms with Crippen LogP contribution in [-0.2, 0) is 11.3 Å². The van der Waals surface area contributed by atoms with Crippen molar-refractivity contribution in [1.29, 1.82) is 0 Å². The van der Waals surface area contributed by atoms with Crippen LogP contribution in [0.4, 0.5) is 0 Å². The molecule has 1 atom stereocenters. The van der Waals surface area contributed by atoms with E-state index < -0.39 is 0 Å². The molecule has 0 aromatic heterocycles. The van der Waals surface area contributed by atoms with Crippen LogP contribution in [0.15, 0.2) is 24.3 Å². The van der Waals surface area contributed by atoms with Crippen LogP contribution in [0, 0.1) is 0 Å². The fraction of sp³-hybridized carbons (Fsp3) is 0.364. The van der Waals surface area contributed by atoms with Crippen LogP contribution in [0.3, 0.4) is 0 Å². The summed E-state index contributed by atoms with van der Waals surface area (Å²) < 4.78 is 5.09. The van der Waals surface area contributed by atoms with Crippen molar-refractivity contribution in [3.05, 3.63) is 29.8 Å². The van der Waals surface area contributed by atoms with Gasteiger partial charge in [0.15, 0.2) is 0 Å². The number of amides is 1. The number of ether oxygens (including phenoxy) is 1. The van der Waals surface area contributed by atoms with Crippen molar-refractivity contribution in [3.63, 3.8) is 0 Å². The highest BCUT2D eigenvalue weighted by Crippen LogP contribution is 2.12. The summed E-state index contributed by atoms with van der Waals surface area (Å²) in [5.74, 6) is 0.784. The van der Waals surface area contributed by atoms with Crippen LogP contribution in [0.1, 0.15) is 12.5 Å². The fourth-order valence-electron chi connectivity index (χ4n) is 1.11. The van der Waals surface area contributed by atoms with Crippen LogP contribution in [0.2, 0.25) is 0 Å². The quantitative estimate of drug-likeness (QED) is 0.852. The molecule has 3 nitrogen and oxygen atoms in total. The molecule has 0 fully saturated rings. The van der Waals surface area contributed by atoms with Gasteiger partial charge < -0.3 is 10.1 Å². The van der Waals surface area contributed by atoms with Crippen LogP contribution in [-0.4, -0.2) is 17.8 Å². The zero-order chi connectivity index (χ0) is 11.3. The number of hydrogen-bond donors (Lipinski definition) is 1. The normalized spacial score (nSPS) is 11.9. The van der Waals surface area contributed by atoms with Gasteiger partial charge >= 0.3 is 0 Å². The minimum Gasteiger partial charge on any atom is -0.497 e. The van der Waals surface area contributed by atoms with Crippen LogP contribution < -0.4 is 10.1 Å². The standard InChI is InChI=1S/C11H14BrNO2/c1-8(12)11(14)13-7-9-4-3-5-10(6-9)15-2/h3-6,8H,7H2,1-2H3,(H,13,14)/t8-/m0/s1. The molecule has 0 spiro atoms. The Kier molecular flexibility index (Phi) is 4.62. The Morgan fingerprint density at radius 2 is 2.33 bits per heavy atom. The Morgan fingerprint density at radius 3 is 2.93 bits per heavy atom. The number of carbonyl (C=O) groups excluding carboxylic acids is 1. The molecule has 0 saturated carbocycles. The van der Waals surface area contributed by atoms with Gasteiger partial charge in [0, 0.05) is 6.54 Å². The lowest BCUT2D eigenvalue weighted by molar-refractivity contribution is -0.120. The number of alkyl halides is 1. The van der Waals surface area contributed by atoms with Gasteiger partial charge in [0.1, 0.15) is 5.75 Å². The first-order valence-electron chi connectivity index (χ1n) is 4.68. The van der Waals surface area contributed by atoms with E-state index in [0.717, 1.165) is 11.3 Å². The number of hydrogen-bond acceptors (Lipinski definition) is 2. The molecule has 1 aromatic carbocycles. The lowest BCUT2D eigenvalue weighted by Crippen LogP contribution is -2.28. The third-order valence-corrected chi connectivity index (χ3v) is 2.38. The Morgan fingerprint density at radius 1 is 1.60 bits per heavy atom. The van der Waals surface area contributed by atoms with Crippen molar-refractivity contribution in [1.82, 2.24) is 5.32 Å². The third-order valence-electron chi connectivity index (χ3n) is 1.96. The van der Waals surface area contributed by atoms with Gasteiger partial charge in [0.25, 0.3) is 0 Å². The van der Waals surface area contributed by atoms with Crippen LogP contribution in [0.25, 0.3) is 0 Å². The van der Waals surface area contributed by atoms with Crippen molar-refractivity contribution in [3.8, 4) is 5.75 Å². The summed E-state index contributed by atoms with van der Waals surface area (Å²) in [5.41, 5.74) is 1.02. The Balaban J connectivity index is 2.54. The number of nitrogens with one attached hydrogen (secondary N) is 1. The first kappa shape index (κ1) is 12.0. The zero-order valence-corrected chi connectivity index (χ0v) is 10.4. The molecule has 82 valence electrons. The molecule has 0 aliphatic rings. The molecule has 0 aliphatic carbocycles. The monoisotopic (exact) mass is 271 g/mol. The molecule has 0 unspecified atom stereocenters. The molecular weight excluding hydrogens is 258 g/mol. The van der Waals surface area contributed by atoms with Crippen molar-refractivity contribution >= 4 is 21.8 Å². The van der Waals surface area contributed by atoms with E-state index >= 15 is 0 Å². The first-order valence-corrected chi connectivity index (χ1v) is 5.59. The Hall–Kier alpha value is -1.03. The second-order valence-corrected chi connectivity index (χ2v) is 4.56. The summed E-state index contributed by atoms with van der Waals surface area (Å²) in [4.78, 5) is 11.1. The summed E-state index contributed by atoms with van der Waals surface area (Å²) in [6.45, 7) is 2.31. The molecule has 1 aromatic rings. The van der Waals surface area contributed by atoms with Crippen LogP contribution in [0.5, 0.6) is 5.75 Å². The molecule has 0 saturated heterocycles. The second kappa shape index (κ2) is 5.75. The van der Waals surface area contributed by atoms with E-state index in [-0.39, 0.29) is 10.7 Å². The molecule has 0 radical (unpaired) electrons. The van der Waals surface area contributed by atoms with Crippen LogP contribution >= 0.6 is 15.9 Å². The number of halogens is 1. The fourth-order valence-corrected chi connectivity index (χ4v) is 1.27. The maximum Gasteiger partial charge on any atom is 0.233 e. The molecule has 4 heteroatoms. The maximum atomic E-state index is 11.3. The molecule has 1 amide bonds. The first-order chi connectivity index (χ1) is 7.13. The topological polar surface area (TPSA) is 38.3 Å². The van der Waals surface area contributed by atoms with E-state index in [1.54, 1.807) is 14.0 Å². The van der Waals surface area contributed by atoms with Gasteiger partial charge in [-0.25, -0.2) is 0 Å². The lowest BCUT2D eigenvalue weighted by Gasteiger charge is -2.07. The van der Waals surface area contributed by atoms with Crippen molar-refractivity contribution < 1.29 is 9.53 Å². The highest BCUT2D eigenvalue weighted by Gasteiger charge is 2.07. The highest BCUT2D eigenvalue weighted by atomic mass is 79.9. The zero-order valence-electron chi connectivity index (χ0n) is 8.79. The van der Waals surface area contributed by atoms with Gasteiger partial charge in [0.05, 0.1) is 11.9 Å². The summed E-state index contributed by atoms with van der Waals surface area (Å²) >= 11 is 3.20. The molecule has 1 rings (SSSR count). The van der Waals surface area contributed by atoms with Gasteiger partial charge in [-0.05, 0) is 24.6 Å². The summed E-state index contributed by atoms with van der Waals surface area (Å²) in [6.07, 6.45) is 0. The van der Waals surface area contributed by atoms with E-state index in [1.165, 1.54) is 0 Å². The van der Waals surface area contributed by atoms with Gasteiger partial charge in [-0.2, -0.15) is 0 Å². The van der Waals surface area contributed by atoms with E-state index in [0.29, 0.717) is 6.54 Å². The molecule has 0 aliphatic heterocycles. The number of carbonyl (C=O) groups is 1. The molecule has 0 heterocycles. The highest BCUT2D eigenvalue weighted by molar-refractivity contribution is 9.10. The van der Waals surface area contributed by atoms with E-state index in [1.807, 2.05) is 24.3 Å². The average molecular weight is 272 g/mol. The summed E-state index contributed by atoms with van der Waals surface area (Å²) in [5, 5.41) is 2.81. The SMILES string of the molecule is COc1cccc(CNC(=O)[C@H](C)Br)c1. The molecule has 15 heavy (non-hydrogen) atoms. The number of methoxy groups -OCH3 is 1. The van der Waals surface area contributed by atoms with Gasteiger partial charge in [0.2, 0.25) is 5.91 Å². The second-order valence-electron chi connectivity index (χ2n) is 3.19. The largest absolute Gasteiger partial charge is 0.497 e. The Bertz CT molecular complexity index is 339. The van der Waals surface area contributed by atoms with Gasteiger partial charge in [-0.15, -0.1) is 0 Å². The molecule has 1 N–H and O–H groups in total.